The number of aliphatic hydroxyl groups excluding tert-OH is 1. The van der Waals surface area contributed by atoms with Crippen molar-refractivity contribution in [3.05, 3.63) is 0 Å². The van der Waals surface area contributed by atoms with Crippen molar-refractivity contribution in [1.29, 1.82) is 0 Å². The Morgan fingerprint density at radius 3 is 3.00 bits per heavy atom. The molecule has 1 amide bonds. The molecule has 4 heteroatoms. The number of rotatable bonds is 4. The predicted molar refractivity (Wildman–Crippen MR) is 50.4 cm³/mol. The standard InChI is InChI=1S/C9H18N2O2/c1-2-4-10-9(13)7-11-5-3-8(12)6-11/h8,12H,2-7H2,1H3,(H,10,13)/t8-/m0/s1. The van der Waals surface area contributed by atoms with Crippen LogP contribution < -0.4 is 5.32 Å². The molecule has 0 saturated carbocycles. The molecule has 1 heterocycles. The molecule has 2 N–H and O–H groups in total. The van der Waals surface area contributed by atoms with Crippen LogP contribution in [0, 0.1) is 0 Å². The molecular weight excluding hydrogens is 168 g/mol. The fourth-order valence-electron chi connectivity index (χ4n) is 1.48. The van der Waals surface area contributed by atoms with Crippen molar-refractivity contribution in [3.63, 3.8) is 0 Å². The Balaban J connectivity index is 2.13. The molecule has 0 spiro atoms. The molecule has 0 bridgehead atoms. The summed E-state index contributed by atoms with van der Waals surface area (Å²) in [5.74, 6) is 0.0657. The van der Waals surface area contributed by atoms with Crippen LogP contribution >= 0.6 is 0 Å². The summed E-state index contributed by atoms with van der Waals surface area (Å²) in [4.78, 5) is 13.2. The second kappa shape index (κ2) is 5.19. The summed E-state index contributed by atoms with van der Waals surface area (Å²) in [6, 6.07) is 0. The van der Waals surface area contributed by atoms with Gasteiger partial charge in [0.25, 0.3) is 0 Å². The Kier molecular flexibility index (Phi) is 4.18. The lowest BCUT2D eigenvalue weighted by Crippen LogP contribution is -2.36. The lowest BCUT2D eigenvalue weighted by molar-refractivity contribution is -0.122. The highest BCUT2D eigenvalue weighted by Gasteiger charge is 2.21. The van der Waals surface area contributed by atoms with Crippen LogP contribution in [0.1, 0.15) is 19.8 Å². The Morgan fingerprint density at radius 2 is 2.46 bits per heavy atom. The molecule has 0 unspecified atom stereocenters. The van der Waals surface area contributed by atoms with Gasteiger partial charge in [-0.2, -0.15) is 0 Å². The molecule has 1 aliphatic rings. The zero-order valence-electron chi connectivity index (χ0n) is 8.12. The van der Waals surface area contributed by atoms with Crippen molar-refractivity contribution in [3.8, 4) is 0 Å². The number of nitrogens with one attached hydrogen (secondary N) is 1. The van der Waals surface area contributed by atoms with E-state index in [1.54, 1.807) is 0 Å². The summed E-state index contributed by atoms with van der Waals surface area (Å²) in [7, 11) is 0. The van der Waals surface area contributed by atoms with Crippen LogP contribution in [0.3, 0.4) is 0 Å². The van der Waals surface area contributed by atoms with Crippen LogP contribution in [0.15, 0.2) is 0 Å². The first-order valence-electron chi connectivity index (χ1n) is 4.89. The van der Waals surface area contributed by atoms with Crippen molar-refractivity contribution in [1.82, 2.24) is 10.2 Å². The molecule has 4 nitrogen and oxygen atoms in total. The third-order valence-electron chi connectivity index (χ3n) is 2.19. The summed E-state index contributed by atoms with van der Waals surface area (Å²) >= 11 is 0. The zero-order valence-corrected chi connectivity index (χ0v) is 8.12. The Morgan fingerprint density at radius 1 is 1.69 bits per heavy atom. The van der Waals surface area contributed by atoms with Crippen LogP contribution in [0.25, 0.3) is 0 Å². The molecule has 1 atom stereocenters. The first-order valence-corrected chi connectivity index (χ1v) is 4.89. The fourth-order valence-corrected chi connectivity index (χ4v) is 1.48. The van der Waals surface area contributed by atoms with Gasteiger partial charge in [0.1, 0.15) is 0 Å². The first kappa shape index (κ1) is 10.5. The SMILES string of the molecule is CCCNC(=O)CN1CC[C@H](O)C1. The number of hydrogen-bond acceptors (Lipinski definition) is 3. The van der Waals surface area contributed by atoms with Gasteiger partial charge in [-0.1, -0.05) is 6.92 Å². The summed E-state index contributed by atoms with van der Waals surface area (Å²) in [6.45, 7) is 4.67. The Labute approximate surface area is 78.9 Å². The van der Waals surface area contributed by atoms with Crippen LogP contribution in [-0.2, 0) is 4.79 Å². The number of amides is 1. The molecule has 1 aliphatic heterocycles. The summed E-state index contributed by atoms with van der Waals surface area (Å²) in [5, 5.41) is 12.0. The lowest BCUT2D eigenvalue weighted by Gasteiger charge is -2.13. The molecule has 76 valence electrons. The summed E-state index contributed by atoms with van der Waals surface area (Å²) in [6.07, 6.45) is 1.52. The average molecular weight is 186 g/mol. The third-order valence-corrected chi connectivity index (χ3v) is 2.19. The predicted octanol–water partition coefficient (Wildman–Crippen LogP) is -0.421. The minimum atomic E-state index is -0.237. The summed E-state index contributed by atoms with van der Waals surface area (Å²) in [5.41, 5.74) is 0. The van der Waals surface area contributed by atoms with E-state index in [2.05, 4.69) is 5.32 Å². The van der Waals surface area contributed by atoms with E-state index < -0.39 is 0 Å². The fraction of sp³-hybridized carbons (Fsp3) is 0.889. The molecule has 1 fully saturated rings. The van der Waals surface area contributed by atoms with Crippen molar-refractivity contribution >= 4 is 5.91 Å². The van der Waals surface area contributed by atoms with Gasteiger partial charge in [-0.15, -0.1) is 0 Å². The Hall–Kier alpha value is -0.610. The van der Waals surface area contributed by atoms with Crippen LogP contribution in [-0.4, -0.2) is 48.2 Å². The van der Waals surface area contributed by atoms with Gasteiger partial charge >= 0.3 is 0 Å². The average Bonchev–Trinajstić information content (AvgIpc) is 2.48. The number of carbonyl (C=O) groups excluding carboxylic acids is 1. The number of nitrogens with zero attached hydrogens (tertiary/aromatic N) is 1. The van der Waals surface area contributed by atoms with E-state index in [1.807, 2.05) is 11.8 Å². The molecule has 0 aromatic heterocycles. The van der Waals surface area contributed by atoms with Gasteiger partial charge < -0.3 is 10.4 Å². The second-order valence-corrected chi connectivity index (χ2v) is 3.53. The minimum Gasteiger partial charge on any atom is -0.392 e. The molecular formula is C9H18N2O2. The van der Waals surface area contributed by atoms with Gasteiger partial charge in [-0.25, -0.2) is 0 Å². The van der Waals surface area contributed by atoms with Gasteiger partial charge in [0.05, 0.1) is 12.6 Å². The maximum Gasteiger partial charge on any atom is 0.234 e. The van der Waals surface area contributed by atoms with Crippen molar-refractivity contribution in [2.75, 3.05) is 26.2 Å². The van der Waals surface area contributed by atoms with E-state index in [0.717, 1.165) is 25.9 Å². The number of β-amino-alcohol motifs (C(OH)–C–C–N with tert-alkyl or cyclic N) is 1. The van der Waals surface area contributed by atoms with Crippen molar-refractivity contribution in [2.45, 2.75) is 25.9 Å². The van der Waals surface area contributed by atoms with Gasteiger partial charge in [0.15, 0.2) is 0 Å². The number of hydrogen-bond donors (Lipinski definition) is 2. The minimum absolute atomic E-state index is 0.0657. The van der Waals surface area contributed by atoms with E-state index in [-0.39, 0.29) is 12.0 Å². The van der Waals surface area contributed by atoms with Gasteiger partial charge in [0, 0.05) is 19.6 Å². The molecule has 13 heavy (non-hydrogen) atoms. The maximum atomic E-state index is 11.2. The number of aliphatic hydroxyl groups is 1. The van der Waals surface area contributed by atoms with Gasteiger partial charge in [0.2, 0.25) is 5.91 Å². The molecule has 0 radical (unpaired) electrons. The highest BCUT2D eigenvalue weighted by atomic mass is 16.3. The maximum absolute atomic E-state index is 11.2. The smallest absolute Gasteiger partial charge is 0.234 e. The zero-order chi connectivity index (χ0) is 9.68. The van der Waals surface area contributed by atoms with E-state index in [9.17, 15) is 9.90 Å². The van der Waals surface area contributed by atoms with Crippen molar-refractivity contribution in [2.24, 2.45) is 0 Å². The first-order chi connectivity index (χ1) is 6.22. The second-order valence-electron chi connectivity index (χ2n) is 3.53. The number of carbonyl (C=O) groups is 1. The quantitative estimate of drug-likeness (QED) is 0.627. The van der Waals surface area contributed by atoms with E-state index >= 15 is 0 Å². The van der Waals surface area contributed by atoms with Crippen LogP contribution in [0.2, 0.25) is 0 Å². The monoisotopic (exact) mass is 186 g/mol. The lowest BCUT2D eigenvalue weighted by atomic mass is 10.3. The van der Waals surface area contributed by atoms with Crippen molar-refractivity contribution < 1.29 is 9.90 Å². The topological polar surface area (TPSA) is 52.6 Å². The molecule has 0 aromatic carbocycles. The molecule has 1 saturated heterocycles. The summed E-state index contributed by atoms with van der Waals surface area (Å²) < 4.78 is 0. The highest BCUT2D eigenvalue weighted by molar-refractivity contribution is 5.77. The molecule has 0 aromatic rings. The van der Waals surface area contributed by atoms with Crippen LogP contribution in [0.4, 0.5) is 0 Å². The largest absolute Gasteiger partial charge is 0.392 e. The normalized spacial score (nSPS) is 23.4. The highest BCUT2D eigenvalue weighted by Crippen LogP contribution is 2.07. The third kappa shape index (κ3) is 3.74. The van der Waals surface area contributed by atoms with Crippen LogP contribution in [0.5, 0.6) is 0 Å². The van der Waals surface area contributed by atoms with E-state index in [1.165, 1.54) is 0 Å². The Bertz CT molecular complexity index is 173. The molecule has 1 rings (SSSR count). The number of likely N-dealkylation sites (tertiary alicyclic amines) is 1. The van der Waals surface area contributed by atoms with E-state index in [4.69, 9.17) is 0 Å². The van der Waals surface area contributed by atoms with Gasteiger partial charge in [-0.05, 0) is 12.8 Å². The van der Waals surface area contributed by atoms with E-state index in [0.29, 0.717) is 13.1 Å². The van der Waals surface area contributed by atoms with Gasteiger partial charge in [-0.3, -0.25) is 9.69 Å². The molecule has 0 aliphatic carbocycles.